The van der Waals surface area contributed by atoms with Gasteiger partial charge in [-0.15, -0.1) is 0 Å². The standard InChI is InChI=1S/C16H20N2O2/c1-2-18(13-5-3-4-6-13)16(20)12-8-7-11-10-15(19)17-14(11)9-12/h7-9,13H,2-6,10H2,1H3,(H,17,19). The molecule has 0 unspecified atom stereocenters. The van der Waals surface area contributed by atoms with Crippen LogP contribution in [0.3, 0.4) is 0 Å². The summed E-state index contributed by atoms with van der Waals surface area (Å²) in [6, 6.07) is 5.94. The van der Waals surface area contributed by atoms with Crippen molar-refractivity contribution in [2.24, 2.45) is 0 Å². The molecular formula is C16H20N2O2. The summed E-state index contributed by atoms with van der Waals surface area (Å²) in [5.41, 5.74) is 2.46. The molecule has 0 radical (unpaired) electrons. The van der Waals surface area contributed by atoms with Gasteiger partial charge in [-0.2, -0.15) is 0 Å². The van der Waals surface area contributed by atoms with Crippen LogP contribution in [0, 0.1) is 0 Å². The summed E-state index contributed by atoms with van der Waals surface area (Å²) in [6.07, 6.45) is 5.08. The summed E-state index contributed by atoms with van der Waals surface area (Å²) in [5.74, 6) is 0.0936. The van der Waals surface area contributed by atoms with Crippen LogP contribution in [0.4, 0.5) is 5.69 Å². The van der Waals surface area contributed by atoms with Crippen LogP contribution in [-0.2, 0) is 11.2 Å². The molecule has 106 valence electrons. The Hall–Kier alpha value is -1.84. The average Bonchev–Trinajstić information content (AvgIpc) is 3.06. The van der Waals surface area contributed by atoms with Gasteiger partial charge in [0, 0.05) is 23.8 Å². The highest BCUT2D eigenvalue weighted by molar-refractivity contribution is 6.02. The van der Waals surface area contributed by atoms with E-state index in [2.05, 4.69) is 5.32 Å². The van der Waals surface area contributed by atoms with E-state index in [-0.39, 0.29) is 11.8 Å². The van der Waals surface area contributed by atoms with Crippen LogP contribution in [0.5, 0.6) is 0 Å². The van der Waals surface area contributed by atoms with E-state index in [9.17, 15) is 9.59 Å². The fraction of sp³-hybridized carbons (Fsp3) is 0.500. The van der Waals surface area contributed by atoms with Gasteiger partial charge in [0.1, 0.15) is 0 Å². The largest absolute Gasteiger partial charge is 0.336 e. The zero-order valence-electron chi connectivity index (χ0n) is 11.8. The van der Waals surface area contributed by atoms with Crippen molar-refractivity contribution < 1.29 is 9.59 Å². The second-order valence-corrected chi connectivity index (χ2v) is 5.63. The number of benzene rings is 1. The Balaban J connectivity index is 1.83. The molecule has 0 bridgehead atoms. The van der Waals surface area contributed by atoms with Gasteiger partial charge in [-0.25, -0.2) is 0 Å². The van der Waals surface area contributed by atoms with Crippen LogP contribution < -0.4 is 5.32 Å². The monoisotopic (exact) mass is 272 g/mol. The first-order valence-corrected chi connectivity index (χ1v) is 7.43. The van der Waals surface area contributed by atoms with E-state index >= 15 is 0 Å². The van der Waals surface area contributed by atoms with Gasteiger partial charge in [0.2, 0.25) is 5.91 Å². The molecule has 2 amide bonds. The van der Waals surface area contributed by atoms with Gasteiger partial charge >= 0.3 is 0 Å². The maximum atomic E-state index is 12.7. The first kappa shape index (κ1) is 13.2. The third-order valence-corrected chi connectivity index (χ3v) is 4.35. The lowest BCUT2D eigenvalue weighted by Crippen LogP contribution is -2.38. The minimum Gasteiger partial charge on any atom is -0.336 e. The Bertz CT molecular complexity index is 547. The van der Waals surface area contributed by atoms with Crippen molar-refractivity contribution in [1.82, 2.24) is 4.90 Å². The van der Waals surface area contributed by atoms with Crippen LogP contribution in [0.15, 0.2) is 18.2 Å². The lowest BCUT2D eigenvalue weighted by molar-refractivity contribution is -0.115. The molecule has 1 aromatic rings. The van der Waals surface area contributed by atoms with E-state index in [1.54, 1.807) is 0 Å². The van der Waals surface area contributed by atoms with Crippen LogP contribution in [0.2, 0.25) is 0 Å². The van der Waals surface area contributed by atoms with Crippen LogP contribution in [-0.4, -0.2) is 29.3 Å². The SMILES string of the molecule is CCN(C(=O)c1ccc2c(c1)NC(=O)C2)C1CCCC1. The number of hydrogen-bond acceptors (Lipinski definition) is 2. The maximum absolute atomic E-state index is 12.7. The maximum Gasteiger partial charge on any atom is 0.254 e. The first-order valence-electron chi connectivity index (χ1n) is 7.43. The molecule has 1 saturated carbocycles. The molecule has 20 heavy (non-hydrogen) atoms. The Morgan fingerprint density at radius 1 is 1.35 bits per heavy atom. The van der Waals surface area contributed by atoms with Crippen molar-refractivity contribution in [3.05, 3.63) is 29.3 Å². The quantitative estimate of drug-likeness (QED) is 0.919. The molecule has 4 heteroatoms. The predicted molar refractivity (Wildman–Crippen MR) is 77.7 cm³/mol. The van der Waals surface area contributed by atoms with Crippen molar-refractivity contribution in [2.75, 3.05) is 11.9 Å². The van der Waals surface area contributed by atoms with E-state index in [4.69, 9.17) is 0 Å². The normalized spacial score (nSPS) is 17.9. The van der Waals surface area contributed by atoms with E-state index in [0.717, 1.165) is 30.6 Å². The number of carbonyl (C=O) groups is 2. The fourth-order valence-corrected chi connectivity index (χ4v) is 3.30. The molecule has 1 fully saturated rings. The number of carbonyl (C=O) groups excluding carboxylic acids is 2. The molecule has 1 aromatic carbocycles. The smallest absolute Gasteiger partial charge is 0.254 e. The lowest BCUT2D eigenvalue weighted by Gasteiger charge is -2.28. The molecule has 0 atom stereocenters. The summed E-state index contributed by atoms with van der Waals surface area (Å²) >= 11 is 0. The minimum atomic E-state index is 0.00717. The molecule has 0 spiro atoms. The molecule has 0 aromatic heterocycles. The average molecular weight is 272 g/mol. The van der Waals surface area contributed by atoms with Crippen molar-refractivity contribution in [2.45, 2.75) is 45.1 Å². The van der Waals surface area contributed by atoms with Crippen LogP contribution in [0.25, 0.3) is 0 Å². The van der Waals surface area contributed by atoms with E-state index in [1.165, 1.54) is 12.8 Å². The second-order valence-electron chi connectivity index (χ2n) is 5.63. The molecule has 4 nitrogen and oxygen atoms in total. The zero-order valence-corrected chi connectivity index (χ0v) is 11.8. The van der Waals surface area contributed by atoms with Crippen molar-refractivity contribution in [3.63, 3.8) is 0 Å². The third kappa shape index (κ3) is 2.30. The number of nitrogens with one attached hydrogen (secondary N) is 1. The van der Waals surface area contributed by atoms with Crippen molar-refractivity contribution in [1.29, 1.82) is 0 Å². The van der Waals surface area contributed by atoms with Crippen LogP contribution >= 0.6 is 0 Å². The van der Waals surface area contributed by atoms with Gasteiger partial charge < -0.3 is 10.2 Å². The summed E-state index contributed by atoms with van der Waals surface area (Å²) in [4.78, 5) is 26.0. The molecule has 1 aliphatic carbocycles. The van der Waals surface area contributed by atoms with E-state index < -0.39 is 0 Å². The highest BCUT2D eigenvalue weighted by Crippen LogP contribution is 2.27. The minimum absolute atomic E-state index is 0.00717. The van der Waals surface area contributed by atoms with Crippen molar-refractivity contribution in [3.8, 4) is 0 Å². The number of amides is 2. The summed E-state index contributed by atoms with van der Waals surface area (Å²) < 4.78 is 0. The molecule has 2 aliphatic rings. The summed E-state index contributed by atoms with van der Waals surface area (Å²) in [7, 11) is 0. The Kier molecular flexibility index (Phi) is 3.47. The summed E-state index contributed by atoms with van der Waals surface area (Å²) in [6.45, 7) is 2.78. The predicted octanol–water partition coefficient (Wildman–Crippen LogP) is 2.59. The molecule has 0 saturated heterocycles. The Labute approximate surface area is 119 Å². The van der Waals surface area contributed by atoms with E-state index in [1.807, 2.05) is 30.0 Å². The fourth-order valence-electron chi connectivity index (χ4n) is 3.30. The third-order valence-electron chi connectivity index (χ3n) is 4.35. The van der Waals surface area contributed by atoms with Gasteiger partial charge in [-0.3, -0.25) is 9.59 Å². The number of fused-ring (bicyclic) bond motifs is 1. The Morgan fingerprint density at radius 2 is 2.10 bits per heavy atom. The highest BCUT2D eigenvalue weighted by Gasteiger charge is 2.27. The zero-order chi connectivity index (χ0) is 14.1. The van der Waals surface area contributed by atoms with E-state index in [0.29, 0.717) is 18.0 Å². The second kappa shape index (κ2) is 5.27. The number of hydrogen-bond donors (Lipinski definition) is 1. The first-order chi connectivity index (χ1) is 9.69. The Morgan fingerprint density at radius 3 is 2.80 bits per heavy atom. The molecule has 1 aliphatic heterocycles. The molecule has 1 N–H and O–H groups in total. The van der Waals surface area contributed by atoms with Gasteiger partial charge in [0.25, 0.3) is 5.91 Å². The van der Waals surface area contributed by atoms with Gasteiger partial charge in [0.05, 0.1) is 6.42 Å². The topological polar surface area (TPSA) is 49.4 Å². The summed E-state index contributed by atoms with van der Waals surface area (Å²) in [5, 5.41) is 2.81. The number of nitrogens with zero attached hydrogens (tertiary/aromatic N) is 1. The van der Waals surface area contributed by atoms with Gasteiger partial charge in [-0.05, 0) is 37.5 Å². The van der Waals surface area contributed by atoms with Gasteiger partial charge in [-0.1, -0.05) is 18.9 Å². The molecular weight excluding hydrogens is 252 g/mol. The lowest BCUT2D eigenvalue weighted by atomic mass is 10.1. The molecule has 3 rings (SSSR count). The van der Waals surface area contributed by atoms with Crippen LogP contribution in [0.1, 0.15) is 48.5 Å². The number of rotatable bonds is 3. The van der Waals surface area contributed by atoms with Crippen molar-refractivity contribution >= 4 is 17.5 Å². The molecule has 1 heterocycles. The number of anilines is 1. The highest BCUT2D eigenvalue weighted by atomic mass is 16.2. The van der Waals surface area contributed by atoms with Gasteiger partial charge in [0.15, 0.2) is 0 Å².